The van der Waals surface area contributed by atoms with Crippen molar-refractivity contribution in [3.05, 3.63) is 82.0 Å². The molecule has 3 aromatic rings. The number of hydrogen-bond donors (Lipinski definition) is 3. The molecule has 0 aliphatic carbocycles. The first-order valence-corrected chi connectivity index (χ1v) is 13.8. The van der Waals surface area contributed by atoms with Gasteiger partial charge in [-0.2, -0.15) is 0 Å². The fraction of sp³-hybridized carbons (Fsp3) is 0.192. The molecule has 10 nitrogen and oxygen atoms in total. The maximum atomic E-state index is 12.8. The molecule has 0 saturated carbocycles. The van der Waals surface area contributed by atoms with Gasteiger partial charge in [0.1, 0.15) is 0 Å². The third-order valence-electron chi connectivity index (χ3n) is 6.00. The van der Waals surface area contributed by atoms with E-state index in [2.05, 4.69) is 15.6 Å². The second kappa shape index (κ2) is 10.8. The lowest BCUT2D eigenvalue weighted by atomic mass is 9.80. The minimum atomic E-state index is -3.84. The maximum Gasteiger partial charge on any atom is 0.336 e. The Bertz CT molecular complexity index is 1550. The van der Waals surface area contributed by atoms with Gasteiger partial charge < -0.3 is 20.1 Å². The number of carbonyl (C=O) groups excluding carboxylic acids is 2. The van der Waals surface area contributed by atoms with E-state index in [1.54, 1.807) is 37.4 Å². The lowest BCUT2D eigenvalue weighted by Crippen LogP contribution is -2.32. The van der Waals surface area contributed by atoms with Crippen LogP contribution in [0.2, 0.25) is 0 Å². The molecule has 2 heterocycles. The molecule has 0 bridgehead atoms. The van der Waals surface area contributed by atoms with Gasteiger partial charge in [-0.15, -0.1) is 11.3 Å². The number of dihydropyridines is 1. The molecule has 4 N–H and O–H groups in total. The van der Waals surface area contributed by atoms with Crippen molar-refractivity contribution in [2.75, 3.05) is 19.5 Å². The lowest BCUT2D eigenvalue weighted by Gasteiger charge is -2.30. The zero-order valence-corrected chi connectivity index (χ0v) is 22.7. The van der Waals surface area contributed by atoms with Gasteiger partial charge in [-0.3, -0.25) is 0 Å². The number of carbonyl (C=O) groups is 2. The van der Waals surface area contributed by atoms with Crippen LogP contribution in [0, 0.1) is 0 Å². The quantitative estimate of drug-likeness (QED) is 0.371. The predicted molar refractivity (Wildman–Crippen MR) is 144 cm³/mol. The van der Waals surface area contributed by atoms with Gasteiger partial charge in [0, 0.05) is 28.0 Å². The first kappa shape index (κ1) is 27.0. The Kier molecular flexibility index (Phi) is 7.67. The number of primary sulfonamides is 1. The zero-order valence-electron chi connectivity index (χ0n) is 21.1. The monoisotopic (exact) mass is 554 g/mol. The van der Waals surface area contributed by atoms with Gasteiger partial charge in [-0.25, -0.2) is 28.1 Å². The standard InChI is InChI=1S/C26H26N4O6S2/c1-14-21(24(31)35-3)23(22(15(2)28-14)25(32)36-4)17-8-5-9-18(11-17)29-26-30-20(13-37-26)16-7-6-10-19(12-16)38(27,33)34/h5-13,23,28H,1-4H3,(H,29,30)(H2,27,33,34). The number of nitrogens with one attached hydrogen (secondary N) is 2. The van der Waals surface area contributed by atoms with Crippen LogP contribution in [0.4, 0.5) is 10.8 Å². The van der Waals surface area contributed by atoms with Crippen LogP contribution >= 0.6 is 11.3 Å². The van der Waals surface area contributed by atoms with E-state index < -0.39 is 27.9 Å². The summed E-state index contributed by atoms with van der Waals surface area (Å²) in [7, 11) is -1.26. The Labute approximate surface area is 224 Å². The van der Waals surface area contributed by atoms with E-state index in [9.17, 15) is 18.0 Å². The molecule has 12 heteroatoms. The first-order valence-electron chi connectivity index (χ1n) is 11.3. The number of anilines is 2. The largest absolute Gasteiger partial charge is 0.466 e. The minimum absolute atomic E-state index is 0.00157. The number of nitrogens with zero attached hydrogens (tertiary/aromatic N) is 1. The van der Waals surface area contributed by atoms with Crippen LogP contribution < -0.4 is 15.8 Å². The summed E-state index contributed by atoms with van der Waals surface area (Å²) in [6, 6.07) is 13.5. The highest BCUT2D eigenvalue weighted by atomic mass is 32.2. The Balaban J connectivity index is 1.69. The highest BCUT2D eigenvalue weighted by molar-refractivity contribution is 7.89. The van der Waals surface area contributed by atoms with Crippen LogP contribution in [0.1, 0.15) is 25.3 Å². The normalized spacial score (nSPS) is 14.2. The third-order valence-corrected chi connectivity index (χ3v) is 7.67. The number of aromatic nitrogens is 1. The van der Waals surface area contributed by atoms with Gasteiger partial charge in [-0.1, -0.05) is 24.3 Å². The summed E-state index contributed by atoms with van der Waals surface area (Å²) in [4.78, 5) is 30.1. The molecular weight excluding hydrogens is 528 g/mol. The molecule has 0 amide bonds. The van der Waals surface area contributed by atoms with E-state index in [4.69, 9.17) is 14.6 Å². The summed E-state index contributed by atoms with van der Waals surface area (Å²) in [6.45, 7) is 3.50. The molecule has 4 rings (SSSR count). The van der Waals surface area contributed by atoms with Crippen molar-refractivity contribution in [2.45, 2.75) is 24.7 Å². The molecule has 1 aliphatic rings. The molecule has 0 radical (unpaired) electrons. The molecule has 0 fully saturated rings. The number of benzene rings is 2. The average Bonchev–Trinajstić information content (AvgIpc) is 3.35. The number of allylic oxidation sites excluding steroid dienone is 2. The van der Waals surface area contributed by atoms with Crippen LogP contribution in [-0.2, 0) is 29.1 Å². The van der Waals surface area contributed by atoms with Crippen molar-refractivity contribution in [1.29, 1.82) is 0 Å². The van der Waals surface area contributed by atoms with E-state index in [1.165, 1.54) is 37.7 Å². The molecule has 198 valence electrons. The summed E-state index contributed by atoms with van der Waals surface area (Å²) in [5.74, 6) is -1.83. The number of ether oxygens (including phenoxy) is 2. The van der Waals surface area contributed by atoms with Crippen molar-refractivity contribution in [2.24, 2.45) is 5.14 Å². The van der Waals surface area contributed by atoms with Crippen LogP contribution in [0.15, 0.2) is 81.3 Å². The average molecular weight is 555 g/mol. The van der Waals surface area contributed by atoms with Crippen LogP contribution in [0.5, 0.6) is 0 Å². The van der Waals surface area contributed by atoms with Gasteiger partial charge in [0.2, 0.25) is 10.0 Å². The van der Waals surface area contributed by atoms with E-state index in [0.29, 0.717) is 50.2 Å². The van der Waals surface area contributed by atoms with Crippen molar-refractivity contribution in [1.82, 2.24) is 10.3 Å². The number of sulfonamides is 1. The van der Waals surface area contributed by atoms with E-state index in [1.807, 2.05) is 18.2 Å². The first-order chi connectivity index (χ1) is 18.0. The Hall–Kier alpha value is -4.00. The highest BCUT2D eigenvalue weighted by Crippen LogP contribution is 2.40. The lowest BCUT2D eigenvalue weighted by molar-refractivity contribution is -0.137. The van der Waals surface area contributed by atoms with Gasteiger partial charge in [-0.05, 0) is 43.7 Å². The number of esters is 2. The Morgan fingerprint density at radius 1 is 1.00 bits per heavy atom. The van der Waals surface area contributed by atoms with Crippen molar-refractivity contribution < 1.29 is 27.5 Å². The number of thiazole rings is 1. The number of rotatable bonds is 7. The number of methoxy groups -OCH3 is 2. The molecule has 1 aromatic heterocycles. The van der Waals surface area contributed by atoms with Crippen molar-refractivity contribution in [3.63, 3.8) is 0 Å². The van der Waals surface area contributed by atoms with Crippen molar-refractivity contribution in [3.8, 4) is 11.3 Å². The summed E-state index contributed by atoms with van der Waals surface area (Å²) in [6.07, 6.45) is 0. The number of nitrogens with two attached hydrogens (primary N) is 1. The fourth-order valence-electron chi connectivity index (χ4n) is 4.30. The summed E-state index contributed by atoms with van der Waals surface area (Å²) in [5.41, 5.74) is 4.31. The Morgan fingerprint density at radius 2 is 1.63 bits per heavy atom. The SMILES string of the molecule is COC(=O)C1=C(C)NC(C)=C(C(=O)OC)C1c1cccc(Nc2nc(-c3cccc(S(N)(=O)=O)c3)cs2)c1. The van der Waals surface area contributed by atoms with Crippen molar-refractivity contribution >= 4 is 44.1 Å². The maximum absolute atomic E-state index is 12.8. The summed E-state index contributed by atoms with van der Waals surface area (Å²) in [5, 5.41) is 13.9. The van der Waals surface area contributed by atoms with E-state index in [0.717, 1.165) is 0 Å². The van der Waals surface area contributed by atoms with Crippen LogP contribution in [0.3, 0.4) is 0 Å². The molecule has 0 atom stereocenters. The van der Waals surface area contributed by atoms with Crippen LogP contribution in [-0.4, -0.2) is 39.6 Å². The molecular formula is C26H26N4O6S2. The predicted octanol–water partition coefficient (Wildman–Crippen LogP) is 3.78. The fourth-order valence-corrected chi connectivity index (χ4v) is 5.60. The topological polar surface area (TPSA) is 150 Å². The summed E-state index contributed by atoms with van der Waals surface area (Å²) < 4.78 is 33.5. The smallest absolute Gasteiger partial charge is 0.336 e. The molecule has 1 aliphatic heterocycles. The summed E-state index contributed by atoms with van der Waals surface area (Å²) >= 11 is 1.33. The van der Waals surface area contributed by atoms with Crippen LogP contribution in [0.25, 0.3) is 11.3 Å². The second-order valence-electron chi connectivity index (χ2n) is 8.48. The molecule has 2 aromatic carbocycles. The minimum Gasteiger partial charge on any atom is -0.466 e. The van der Waals surface area contributed by atoms with Gasteiger partial charge in [0.05, 0.1) is 41.9 Å². The molecule has 38 heavy (non-hydrogen) atoms. The van der Waals surface area contributed by atoms with Gasteiger partial charge in [0.25, 0.3) is 0 Å². The highest BCUT2D eigenvalue weighted by Gasteiger charge is 2.37. The number of hydrogen-bond acceptors (Lipinski definition) is 10. The van der Waals surface area contributed by atoms with E-state index in [-0.39, 0.29) is 4.90 Å². The zero-order chi connectivity index (χ0) is 27.6. The van der Waals surface area contributed by atoms with Gasteiger partial charge >= 0.3 is 11.9 Å². The van der Waals surface area contributed by atoms with E-state index >= 15 is 0 Å². The molecule has 0 saturated heterocycles. The second-order valence-corrected chi connectivity index (χ2v) is 10.9. The Morgan fingerprint density at radius 3 is 2.24 bits per heavy atom. The molecule has 0 unspecified atom stereocenters. The van der Waals surface area contributed by atoms with Gasteiger partial charge in [0.15, 0.2) is 5.13 Å². The molecule has 0 spiro atoms. The third kappa shape index (κ3) is 5.47.